The van der Waals surface area contributed by atoms with E-state index in [0.29, 0.717) is 38.3 Å². The number of esters is 1. The van der Waals surface area contributed by atoms with Crippen molar-refractivity contribution < 1.29 is 19.0 Å². The number of benzene rings is 2. The smallest absolute Gasteiger partial charge is 0.346 e. The van der Waals surface area contributed by atoms with Gasteiger partial charge in [-0.25, -0.2) is 9.78 Å². The summed E-state index contributed by atoms with van der Waals surface area (Å²) >= 11 is 6.89. The van der Waals surface area contributed by atoms with Crippen molar-refractivity contribution in [2.75, 3.05) is 14.2 Å². The van der Waals surface area contributed by atoms with Crippen molar-refractivity contribution in [3.8, 4) is 11.5 Å². The van der Waals surface area contributed by atoms with Gasteiger partial charge in [-0.15, -0.1) is 0 Å². The standard InChI is InChI=1S/C23H23Br2N3O5/c1-12(2)21-27-18-7-6-15(24)9-16(18)22(29)28(21)26-11-14-8-19(31-4)20(10-17(14)25)33-13(3)23(30)32-5/h6-13H,1-5H3/t13-/m0/s1. The zero-order valence-corrected chi connectivity index (χ0v) is 21.9. The fourth-order valence-corrected chi connectivity index (χ4v) is 3.86. The molecule has 0 aliphatic carbocycles. The van der Waals surface area contributed by atoms with Crippen LogP contribution in [0.3, 0.4) is 0 Å². The first-order valence-electron chi connectivity index (χ1n) is 10.0. The van der Waals surface area contributed by atoms with Crippen LogP contribution in [0.25, 0.3) is 10.9 Å². The normalized spacial score (nSPS) is 12.4. The van der Waals surface area contributed by atoms with Gasteiger partial charge in [0.25, 0.3) is 5.56 Å². The number of halogens is 2. The van der Waals surface area contributed by atoms with E-state index < -0.39 is 12.1 Å². The molecule has 2 aromatic carbocycles. The van der Waals surface area contributed by atoms with Crippen LogP contribution in [0.4, 0.5) is 0 Å². The SMILES string of the molecule is COC(=O)[C@H](C)Oc1cc(Br)c(C=Nn2c(C(C)C)nc3ccc(Br)cc3c2=O)cc1OC. The predicted molar refractivity (Wildman–Crippen MR) is 134 cm³/mol. The largest absolute Gasteiger partial charge is 0.493 e. The van der Waals surface area contributed by atoms with Crippen LogP contribution in [0.1, 0.15) is 38.1 Å². The van der Waals surface area contributed by atoms with E-state index in [1.54, 1.807) is 37.4 Å². The van der Waals surface area contributed by atoms with Gasteiger partial charge in [0.05, 0.1) is 31.3 Å². The maximum absolute atomic E-state index is 13.2. The van der Waals surface area contributed by atoms with Crippen molar-refractivity contribution in [1.82, 2.24) is 9.66 Å². The first-order valence-corrected chi connectivity index (χ1v) is 11.6. The number of carbonyl (C=O) groups excluding carboxylic acids is 1. The van der Waals surface area contributed by atoms with Crippen molar-refractivity contribution >= 4 is 54.9 Å². The molecular weight excluding hydrogens is 558 g/mol. The summed E-state index contributed by atoms with van der Waals surface area (Å²) in [5, 5.41) is 4.91. The van der Waals surface area contributed by atoms with Gasteiger partial charge in [0.1, 0.15) is 5.82 Å². The minimum Gasteiger partial charge on any atom is -0.493 e. The highest BCUT2D eigenvalue weighted by Gasteiger charge is 2.19. The molecule has 0 unspecified atom stereocenters. The molecule has 33 heavy (non-hydrogen) atoms. The molecule has 0 fully saturated rings. The van der Waals surface area contributed by atoms with Crippen LogP contribution >= 0.6 is 31.9 Å². The van der Waals surface area contributed by atoms with Gasteiger partial charge in [-0.05, 0) is 53.2 Å². The van der Waals surface area contributed by atoms with E-state index in [1.807, 2.05) is 19.9 Å². The predicted octanol–water partition coefficient (Wildman–Crippen LogP) is 4.88. The number of methoxy groups -OCH3 is 2. The van der Waals surface area contributed by atoms with E-state index in [2.05, 4.69) is 41.9 Å². The Bertz CT molecular complexity index is 1290. The van der Waals surface area contributed by atoms with E-state index >= 15 is 0 Å². The Morgan fingerprint density at radius 3 is 2.48 bits per heavy atom. The van der Waals surface area contributed by atoms with Gasteiger partial charge in [0.2, 0.25) is 0 Å². The van der Waals surface area contributed by atoms with Gasteiger partial charge in [-0.2, -0.15) is 9.78 Å². The molecule has 3 aromatic rings. The van der Waals surface area contributed by atoms with Crippen LogP contribution in [-0.2, 0) is 9.53 Å². The lowest BCUT2D eigenvalue weighted by Crippen LogP contribution is -2.25. The van der Waals surface area contributed by atoms with E-state index in [0.717, 1.165) is 4.47 Å². The highest BCUT2D eigenvalue weighted by atomic mass is 79.9. The number of fused-ring (bicyclic) bond motifs is 1. The first kappa shape index (κ1) is 24.9. The lowest BCUT2D eigenvalue weighted by atomic mass is 10.2. The maximum atomic E-state index is 13.2. The summed E-state index contributed by atoms with van der Waals surface area (Å²) in [5.41, 5.74) is 0.986. The molecule has 1 atom stereocenters. The number of hydrogen-bond acceptors (Lipinski definition) is 7. The Morgan fingerprint density at radius 2 is 1.85 bits per heavy atom. The Kier molecular flexibility index (Phi) is 7.91. The molecule has 0 amide bonds. The Morgan fingerprint density at radius 1 is 1.12 bits per heavy atom. The highest BCUT2D eigenvalue weighted by Crippen LogP contribution is 2.34. The second-order valence-electron chi connectivity index (χ2n) is 7.46. The molecule has 0 saturated heterocycles. The van der Waals surface area contributed by atoms with Gasteiger partial charge < -0.3 is 14.2 Å². The third-order valence-corrected chi connectivity index (χ3v) is 5.96. The third kappa shape index (κ3) is 5.44. The fourth-order valence-electron chi connectivity index (χ4n) is 3.08. The van der Waals surface area contributed by atoms with Crippen LogP contribution in [0.15, 0.2) is 49.2 Å². The van der Waals surface area contributed by atoms with Crippen LogP contribution in [0.2, 0.25) is 0 Å². The van der Waals surface area contributed by atoms with Crippen molar-refractivity contribution in [2.45, 2.75) is 32.8 Å². The molecule has 0 aliphatic rings. The van der Waals surface area contributed by atoms with Gasteiger partial charge in [-0.3, -0.25) is 4.79 Å². The number of hydrogen-bond donors (Lipinski definition) is 0. The molecule has 10 heteroatoms. The Balaban J connectivity index is 2.06. The summed E-state index contributed by atoms with van der Waals surface area (Å²) in [6.45, 7) is 5.48. The fraction of sp³-hybridized carbons (Fsp3) is 0.304. The zero-order valence-electron chi connectivity index (χ0n) is 18.8. The molecule has 0 saturated carbocycles. The highest BCUT2D eigenvalue weighted by molar-refractivity contribution is 9.10. The average molecular weight is 581 g/mol. The summed E-state index contributed by atoms with van der Waals surface area (Å²) in [6.07, 6.45) is 0.726. The molecule has 0 N–H and O–H groups in total. The van der Waals surface area contributed by atoms with Crippen LogP contribution < -0.4 is 15.0 Å². The average Bonchev–Trinajstić information content (AvgIpc) is 2.78. The summed E-state index contributed by atoms with van der Waals surface area (Å²) in [4.78, 5) is 29.5. The number of carbonyl (C=O) groups is 1. The first-order chi connectivity index (χ1) is 15.7. The number of ether oxygens (including phenoxy) is 3. The molecule has 8 nitrogen and oxygen atoms in total. The van der Waals surface area contributed by atoms with Crippen molar-refractivity contribution in [3.05, 3.63) is 61.0 Å². The molecule has 3 rings (SSSR count). The van der Waals surface area contributed by atoms with Crippen molar-refractivity contribution in [1.29, 1.82) is 0 Å². The van der Waals surface area contributed by atoms with Crippen molar-refractivity contribution in [2.24, 2.45) is 5.10 Å². The molecule has 0 aliphatic heterocycles. The molecular formula is C23H23Br2N3O5. The Hall–Kier alpha value is -2.72. The molecule has 1 aromatic heterocycles. The second-order valence-corrected chi connectivity index (χ2v) is 9.23. The summed E-state index contributed by atoms with van der Waals surface area (Å²) < 4.78 is 18.5. The van der Waals surface area contributed by atoms with Gasteiger partial charge in [0.15, 0.2) is 17.6 Å². The van der Waals surface area contributed by atoms with E-state index in [-0.39, 0.29) is 11.5 Å². The molecule has 0 radical (unpaired) electrons. The number of aromatic nitrogens is 2. The van der Waals surface area contributed by atoms with Crippen LogP contribution in [-0.4, -0.2) is 42.2 Å². The van der Waals surface area contributed by atoms with Crippen LogP contribution in [0, 0.1) is 0 Å². The van der Waals surface area contributed by atoms with E-state index in [4.69, 9.17) is 14.2 Å². The topological polar surface area (TPSA) is 92.0 Å². The van der Waals surface area contributed by atoms with Crippen LogP contribution in [0.5, 0.6) is 11.5 Å². The van der Waals surface area contributed by atoms with Crippen molar-refractivity contribution in [3.63, 3.8) is 0 Å². The number of nitrogens with zero attached hydrogens (tertiary/aromatic N) is 3. The van der Waals surface area contributed by atoms with Gasteiger partial charge in [-0.1, -0.05) is 29.8 Å². The summed E-state index contributed by atoms with van der Waals surface area (Å²) in [7, 11) is 2.79. The summed E-state index contributed by atoms with van der Waals surface area (Å²) in [5.74, 6) is 0.761. The van der Waals surface area contributed by atoms with E-state index in [1.165, 1.54) is 18.9 Å². The maximum Gasteiger partial charge on any atom is 0.346 e. The monoisotopic (exact) mass is 579 g/mol. The van der Waals surface area contributed by atoms with Gasteiger partial charge in [0, 0.05) is 20.4 Å². The second kappa shape index (κ2) is 10.5. The minimum atomic E-state index is -0.814. The molecule has 1 heterocycles. The lowest BCUT2D eigenvalue weighted by molar-refractivity contribution is -0.147. The summed E-state index contributed by atoms with van der Waals surface area (Å²) in [6, 6.07) is 8.74. The van der Waals surface area contributed by atoms with E-state index in [9.17, 15) is 9.59 Å². The Labute approximate surface area is 207 Å². The quantitative estimate of drug-likeness (QED) is 0.292. The third-order valence-electron chi connectivity index (χ3n) is 4.78. The molecule has 0 bridgehead atoms. The minimum absolute atomic E-state index is 0.0311. The zero-order chi connectivity index (χ0) is 24.3. The molecule has 174 valence electrons. The van der Waals surface area contributed by atoms with Gasteiger partial charge >= 0.3 is 5.97 Å². The molecule has 0 spiro atoms. The lowest BCUT2D eigenvalue weighted by Gasteiger charge is -2.16. The number of rotatable bonds is 7.